The number of hydrogen-bond donors (Lipinski definition) is 2. The van der Waals surface area contributed by atoms with Crippen molar-refractivity contribution < 1.29 is 0 Å². The summed E-state index contributed by atoms with van der Waals surface area (Å²) in [6.07, 6.45) is 1.69. The van der Waals surface area contributed by atoms with Crippen molar-refractivity contribution in [1.29, 1.82) is 0 Å². The Morgan fingerprint density at radius 3 is 2.91 bits per heavy atom. The highest BCUT2D eigenvalue weighted by atomic mass is 32.1. The smallest absolute Gasteiger partial charge is 0.130 e. The molecule has 0 bridgehead atoms. The summed E-state index contributed by atoms with van der Waals surface area (Å²) in [4.78, 5) is 0. The zero-order chi connectivity index (χ0) is 8.32. The van der Waals surface area contributed by atoms with Crippen LogP contribution in [0.15, 0.2) is 6.20 Å². The van der Waals surface area contributed by atoms with Gasteiger partial charge in [-0.25, -0.2) is 0 Å². The molecule has 1 heterocycles. The number of rotatable bonds is 3. The Labute approximate surface area is 70.0 Å². The molecule has 0 saturated heterocycles. The summed E-state index contributed by atoms with van der Waals surface area (Å²) < 4.78 is 3.71. The van der Waals surface area contributed by atoms with Gasteiger partial charge in [-0.1, -0.05) is 4.49 Å². The summed E-state index contributed by atoms with van der Waals surface area (Å²) in [5.74, 6) is 0. The van der Waals surface area contributed by atoms with Crippen LogP contribution < -0.4 is 11.1 Å². The first kappa shape index (κ1) is 8.42. The Morgan fingerprint density at radius 2 is 2.45 bits per heavy atom. The minimum absolute atomic E-state index is 0.190. The fourth-order valence-electron chi connectivity index (χ4n) is 0.560. The van der Waals surface area contributed by atoms with Gasteiger partial charge in [0.1, 0.15) is 5.00 Å². The summed E-state index contributed by atoms with van der Waals surface area (Å²) in [5, 5.41) is 7.78. The first-order valence-electron chi connectivity index (χ1n) is 3.38. The minimum atomic E-state index is -0.190. The standard InChI is InChI=1S/C6H12N4S/c1-6(2,7)4-8-5-3-9-10-11-5/h3,8H,4,7H2,1-2H3. The van der Waals surface area contributed by atoms with Gasteiger partial charge in [-0.2, -0.15) is 0 Å². The molecule has 0 spiro atoms. The quantitative estimate of drug-likeness (QED) is 0.704. The van der Waals surface area contributed by atoms with Crippen molar-refractivity contribution in [2.24, 2.45) is 5.73 Å². The molecule has 0 radical (unpaired) electrons. The fourth-order valence-corrected chi connectivity index (χ4v) is 0.973. The first-order chi connectivity index (χ1) is 5.08. The van der Waals surface area contributed by atoms with Crippen LogP contribution in [0.25, 0.3) is 0 Å². The van der Waals surface area contributed by atoms with Crippen LogP contribution in [0.3, 0.4) is 0 Å². The largest absolute Gasteiger partial charge is 0.373 e. The van der Waals surface area contributed by atoms with Crippen LogP contribution in [0, 0.1) is 0 Å². The van der Waals surface area contributed by atoms with E-state index in [1.165, 1.54) is 11.5 Å². The Bertz CT molecular complexity index is 201. The summed E-state index contributed by atoms with van der Waals surface area (Å²) in [5.41, 5.74) is 5.56. The van der Waals surface area contributed by atoms with E-state index in [1.54, 1.807) is 6.20 Å². The van der Waals surface area contributed by atoms with Gasteiger partial charge < -0.3 is 11.1 Å². The van der Waals surface area contributed by atoms with Crippen LogP contribution >= 0.6 is 11.5 Å². The van der Waals surface area contributed by atoms with Gasteiger partial charge in [0.05, 0.1) is 6.20 Å². The molecule has 5 heteroatoms. The van der Waals surface area contributed by atoms with Crippen LogP contribution in [-0.2, 0) is 0 Å². The molecular formula is C6H12N4S. The average Bonchev–Trinajstić information content (AvgIpc) is 2.32. The molecule has 0 saturated carbocycles. The summed E-state index contributed by atoms with van der Waals surface area (Å²) in [6, 6.07) is 0. The number of hydrogen-bond acceptors (Lipinski definition) is 5. The monoisotopic (exact) mass is 172 g/mol. The Hall–Kier alpha value is -0.680. The maximum atomic E-state index is 5.75. The van der Waals surface area contributed by atoms with E-state index in [9.17, 15) is 0 Å². The van der Waals surface area contributed by atoms with E-state index in [0.29, 0.717) is 0 Å². The van der Waals surface area contributed by atoms with Gasteiger partial charge >= 0.3 is 0 Å². The summed E-state index contributed by atoms with van der Waals surface area (Å²) >= 11 is 1.34. The van der Waals surface area contributed by atoms with Crippen molar-refractivity contribution in [3.05, 3.63) is 6.20 Å². The number of anilines is 1. The molecule has 0 amide bonds. The lowest BCUT2D eigenvalue weighted by Crippen LogP contribution is -2.39. The molecule has 1 rings (SSSR count). The van der Waals surface area contributed by atoms with Gasteiger partial charge in [-0.3, -0.25) is 0 Å². The Morgan fingerprint density at radius 1 is 1.73 bits per heavy atom. The second-order valence-corrected chi connectivity index (χ2v) is 3.91. The lowest BCUT2D eigenvalue weighted by molar-refractivity contribution is 0.550. The van der Waals surface area contributed by atoms with E-state index < -0.39 is 0 Å². The predicted octanol–water partition coefficient (Wildman–Crippen LogP) is 0.687. The van der Waals surface area contributed by atoms with Gasteiger partial charge in [0.15, 0.2) is 0 Å². The molecular weight excluding hydrogens is 160 g/mol. The number of nitrogens with zero attached hydrogens (tertiary/aromatic N) is 2. The lowest BCUT2D eigenvalue weighted by Gasteiger charge is -2.18. The fraction of sp³-hybridized carbons (Fsp3) is 0.667. The molecule has 1 aromatic heterocycles. The third kappa shape index (κ3) is 3.29. The molecule has 0 fully saturated rings. The van der Waals surface area contributed by atoms with E-state index in [0.717, 1.165) is 11.5 Å². The normalized spacial score (nSPS) is 11.5. The zero-order valence-electron chi connectivity index (χ0n) is 6.66. The van der Waals surface area contributed by atoms with Gasteiger partial charge in [0.2, 0.25) is 0 Å². The molecule has 3 N–H and O–H groups in total. The summed E-state index contributed by atoms with van der Waals surface area (Å²) in [7, 11) is 0. The van der Waals surface area contributed by atoms with E-state index in [2.05, 4.69) is 14.9 Å². The second-order valence-electron chi connectivity index (χ2n) is 3.12. The van der Waals surface area contributed by atoms with Crippen LogP contribution in [0.1, 0.15) is 13.8 Å². The van der Waals surface area contributed by atoms with E-state index in [4.69, 9.17) is 5.73 Å². The van der Waals surface area contributed by atoms with Gasteiger partial charge in [0.25, 0.3) is 0 Å². The molecule has 0 aliphatic heterocycles. The molecule has 4 nitrogen and oxygen atoms in total. The molecule has 11 heavy (non-hydrogen) atoms. The molecule has 0 unspecified atom stereocenters. The number of nitrogens with one attached hydrogen (secondary N) is 1. The highest BCUT2D eigenvalue weighted by Gasteiger charge is 2.09. The highest BCUT2D eigenvalue weighted by Crippen LogP contribution is 2.09. The van der Waals surface area contributed by atoms with E-state index >= 15 is 0 Å². The third-order valence-corrected chi connectivity index (χ3v) is 1.70. The Kier molecular flexibility index (Phi) is 2.41. The van der Waals surface area contributed by atoms with Crippen molar-refractivity contribution in [1.82, 2.24) is 9.59 Å². The molecule has 0 aliphatic rings. The zero-order valence-corrected chi connectivity index (χ0v) is 7.48. The average molecular weight is 172 g/mol. The number of aromatic nitrogens is 2. The minimum Gasteiger partial charge on any atom is -0.373 e. The number of nitrogens with two attached hydrogens (primary N) is 1. The molecule has 1 aromatic rings. The van der Waals surface area contributed by atoms with Crippen molar-refractivity contribution in [3.63, 3.8) is 0 Å². The SMILES string of the molecule is CC(C)(N)CNc1cnns1. The van der Waals surface area contributed by atoms with Gasteiger partial charge in [-0.15, -0.1) is 5.10 Å². The van der Waals surface area contributed by atoms with Crippen molar-refractivity contribution in [2.75, 3.05) is 11.9 Å². The highest BCUT2D eigenvalue weighted by molar-refractivity contribution is 7.09. The maximum absolute atomic E-state index is 5.75. The maximum Gasteiger partial charge on any atom is 0.130 e. The molecule has 62 valence electrons. The molecule has 0 aromatic carbocycles. The van der Waals surface area contributed by atoms with Crippen LogP contribution in [0.5, 0.6) is 0 Å². The lowest BCUT2D eigenvalue weighted by atomic mass is 10.1. The van der Waals surface area contributed by atoms with E-state index in [-0.39, 0.29) is 5.54 Å². The van der Waals surface area contributed by atoms with Crippen molar-refractivity contribution in [2.45, 2.75) is 19.4 Å². The third-order valence-electron chi connectivity index (χ3n) is 1.08. The molecule has 0 aliphatic carbocycles. The van der Waals surface area contributed by atoms with E-state index in [1.807, 2.05) is 13.8 Å². The predicted molar refractivity (Wildman–Crippen MR) is 46.7 cm³/mol. The molecule has 0 atom stereocenters. The second kappa shape index (κ2) is 3.15. The summed E-state index contributed by atoms with van der Waals surface area (Å²) in [6.45, 7) is 4.67. The van der Waals surface area contributed by atoms with Crippen molar-refractivity contribution >= 4 is 16.5 Å². The topological polar surface area (TPSA) is 63.8 Å². The van der Waals surface area contributed by atoms with Crippen LogP contribution in [-0.4, -0.2) is 21.7 Å². The van der Waals surface area contributed by atoms with Gasteiger partial charge in [-0.05, 0) is 13.8 Å². The van der Waals surface area contributed by atoms with Crippen LogP contribution in [0.4, 0.5) is 5.00 Å². The van der Waals surface area contributed by atoms with Gasteiger partial charge in [0, 0.05) is 23.6 Å². The van der Waals surface area contributed by atoms with Crippen molar-refractivity contribution in [3.8, 4) is 0 Å². The van der Waals surface area contributed by atoms with Crippen LogP contribution in [0.2, 0.25) is 0 Å². The first-order valence-corrected chi connectivity index (χ1v) is 4.15. The Balaban J connectivity index is 2.35.